The summed E-state index contributed by atoms with van der Waals surface area (Å²) in [7, 11) is 0. The smallest absolute Gasteiger partial charge is 0.246 e. The van der Waals surface area contributed by atoms with E-state index < -0.39 is 35.1 Å². The molecule has 140 valence electrons. The molecule has 6 nitrogen and oxygen atoms in total. The highest BCUT2D eigenvalue weighted by molar-refractivity contribution is 6.38. The lowest BCUT2D eigenvalue weighted by Crippen LogP contribution is -2.37. The van der Waals surface area contributed by atoms with Crippen LogP contribution in [0.4, 0.5) is 11.4 Å². The lowest BCUT2D eigenvalue weighted by atomic mass is 10.1. The van der Waals surface area contributed by atoms with Gasteiger partial charge in [-0.25, -0.2) is 0 Å². The van der Waals surface area contributed by atoms with Crippen LogP contribution >= 0.6 is 23.2 Å². The molecule has 0 spiro atoms. The Labute approximate surface area is 169 Å². The molecule has 0 unspecified atom stereocenters. The normalized spacial score (nSPS) is 17.8. The van der Waals surface area contributed by atoms with Gasteiger partial charge in [0.25, 0.3) is 0 Å². The van der Waals surface area contributed by atoms with Gasteiger partial charge in [-0.3, -0.25) is 29.0 Å². The summed E-state index contributed by atoms with van der Waals surface area (Å²) in [5.74, 6) is -3.02. The molecule has 0 saturated heterocycles. The average Bonchev–Trinajstić information content (AvgIpc) is 3.18. The number of ketones is 2. The van der Waals surface area contributed by atoms with Gasteiger partial charge in [0, 0.05) is 11.1 Å². The Balaban J connectivity index is 2.03. The summed E-state index contributed by atoms with van der Waals surface area (Å²) in [4.78, 5) is 53.7. The van der Waals surface area contributed by atoms with Crippen LogP contribution in [-0.4, -0.2) is 35.1 Å². The van der Waals surface area contributed by atoms with E-state index >= 15 is 0 Å². The number of nitrogens with zero attached hydrogens (tertiary/aromatic N) is 2. The second-order valence-electron chi connectivity index (χ2n) is 6.12. The molecule has 2 aromatic carbocycles. The van der Waals surface area contributed by atoms with Crippen LogP contribution < -0.4 is 9.80 Å². The average molecular weight is 415 g/mol. The zero-order valence-electron chi connectivity index (χ0n) is 14.3. The van der Waals surface area contributed by atoms with E-state index in [2.05, 4.69) is 0 Å². The largest absolute Gasteiger partial charge is 0.287 e. The van der Waals surface area contributed by atoms with E-state index in [9.17, 15) is 19.2 Å². The number of rotatable bonds is 2. The number of allylic oxidation sites excluding steroid dienone is 2. The van der Waals surface area contributed by atoms with Gasteiger partial charge in [0.05, 0.1) is 11.4 Å². The van der Waals surface area contributed by atoms with E-state index in [1.54, 1.807) is 48.5 Å². The van der Waals surface area contributed by atoms with Crippen LogP contribution in [0.15, 0.2) is 59.9 Å². The number of para-hydroxylation sites is 2. The van der Waals surface area contributed by atoms with Gasteiger partial charge in [-0.05, 0) is 24.3 Å². The minimum atomic E-state index is -0.579. The van der Waals surface area contributed by atoms with E-state index in [4.69, 9.17) is 23.2 Å². The van der Waals surface area contributed by atoms with Gasteiger partial charge < -0.3 is 0 Å². The summed E-state index contributed by atoms with van der Waals surface area (Å²) in [5, 5.41) is 0. The molecule has 2 aliphatic rings. The number of carbonyl (C=O) groups is 4. The highest BCUT2D eigenvalue weighted by Crippen LogP contribution is 2.42. The number of halogens is 2. The first-order chi connectivity index (χ1) is 13.5. The van der Waals surface area contributed by atoms with E-state index in [0.29, 0.717) is 11.4 Å². The second kappa shape index (κ2) is 6.89. The fourth-order valence-electron chi connectivity index (χ4n) is 3.48. The van der Waals surface area contributed by atoms with E-state index in [1.165, 1.54) is 0 Å². The molecule has 0 bridgehead atoms. The number of hydrogen-bond acceptors (Lipinski definition) is 4. The van der Waals surface area contributed by atoms with Crippen LogP contribution in [-0.2, 0) is 9.59 Å². The number of fused-ring (bicyclic) bond motifs is 2. The molecule has 0 fully saturated rings. The summed E-state index contributed by atoms with van der Waals surface area (Å²) < 4.78 is 0. The van der Waals surface area contributed by atoms with E-state index in [-0.39, 0.29) is 22.5 Å². The summed E-state index contributed by atoms with van der Waals surface area (Å²) in [6.07, 6.45) is 0. The lowest BCUT2D eigenvalue weighted by molar-refractivity contribution is -0.116. The van der Waals surface area contributed by atoms with Crippen molar-refractivity contribution in [2.75, 3.05) is 21.6 Å². The summed E-state index contributed by atoms with van der Waals surface area (Å²) in [6, 6.07) is 12.9. The Morgan fingerprint density at radius 1 is 0.679 bits per heavy atom. The molecule has 2 heterocycles. The molecule has 0 saturated carbocycles. The van der Waals surface area contributed by atoms with Crippen molar-refractivity contribution in [2.24, 2.45) is 0 Å². The fourth-order valence-corrected chi connectivity index (χ4v) is 3.72. The number of carbonyl (C=O) groups excluding carboxylic acids is 4. The molecule has 28 heavy (non-hydrogen) atoms. The monoisotopic (exact) mass is 414 g/mol. The molecule has 0 atom stereocenters. The van der Waals surface area contributed by atoms with Crippen molar-refractivity contribution in [1.82, 2.24) is 0 Å². The Morgan fingerprint density at radius 3 is 1.39 bits per heavy atom. The predicted molar refractivity (Wildman–Crippen MR) is 105 cm³/mol. The van der Waals surface area contributed by atoms with E-state index in [0.717, 1.165) is 9.80 Å². The van der Waals surface area contributed by atoms with Crippen LogP contribution in [0.1, 0.15) is 20.7 Å². The van der Waals surface area contributed by atoms with Gasteiger partial charge in [-0.15, -0.1) is 23.2 Å². The Hall–Kier alpha value is -2.96. The molecule has 2 amide bonds. The van der Waals surface area contributed by atoms with Gasteiger partial charge in [-0.1, -0.05) is 24.3 Å². The highest BCUT2D eigenvalue weighted by Gasteiger charge is 2.46. The van der Waals surface area contributed by atoms with Crippen LogP contribution in [0.2, 0.25) is 0 Å². The number of anilines is 2. The molecule has 4 rings (SSSR count). The molecule has 0 radical (unpaired) electrons. The van der Waals surface area contributed by atoms with Gasteiger partial charge in [0.1, 0.15) is 23.2 Å². The van der Waals surface area contributed by atoms with Crippen molar-refractivity contribution < 1.29 is 19.2 Å². The first kappa shape index (κ1) is 18.4. The maximum Gasteiger partial charge on any atom is 0.246 e. The molecular formula is C20H12Cl2N2O4. The first-order valence-electron chi connectivity index (χ1n) is 8.30. The standard InChI is InChI=1S/C20H12Cl2N2O4/c21-9-15(25)23-13-7-3-1-5-11(13)19(27)17(23)18-20(28)12-6-2-4-8-14(12)24(18)16(26)10-22/h1-8H,9-10H2/b18-17+. The van der Waals surface area contributed by atoms with Gasteiger partial charge in [0.15, 0.2) is 0 Å². The number of hydrogen-bond donors (Lipinski definition) is 0. The Kier molecular flexibility index (Phi) is 4.53. The van der Waals surface area contributed by atoms with E-state index in [1.807, 2.05) is 0 Å². The highest BCUT2D eigenvalue weighted by atomic mass is 35.5. The molecule has 0 N–H and O–H groups in total. The van der Waals surface area contributed by atoms with Crippen molar-refractivity contribution in [3.05, 3.63) is 71.1 Å². The predicted octanol–water partition coefficient (Wildman–Crippen LogP) is 3.13. The fraction of sp³-hybridized carbons (Fsp3) is 0.100. The lowest BCUT2D eigenvalue weighted by Gasteiger charge is -2.23. The summed E-state index contributed by atoms with van der Waals surface area (Å²) in [6.45, 7) is 0. The van der Waals surface area contributed by atoms with Crippen molar-refractivity contribution in [3.8, 4) is 0 Å². The van der Waals surface area contributed by atoms with Gasteiger partial charge in [0.2, 0.25) is 23.4 Å². The molecule has 8 heteroatoms. The molecular weight excluding hydrogens is 403 g/mol. The summed E-state index contributed by atoms with van der Waals surface area (Å²) in [5.41, 5.74) is 0.777. The van der Waals surface area contributed by atoms with Crippen molar-refractivity contribution in [3.63, 3.8) is 0 Å². The van der Waals surface area contributed by atoms with Gasteiger partial charge >= 0.3 is 0 Å². The SMILES string of the molecule is O=C1/C(=C2/C(=O)c3ccccc3N2C(=O)CCl)N(C(=O)CCl)c2ccccc21. The van der Waals surface area contributed by atoms with Crippen LogP contribution in [0.3, 0.4) is 0 Å². The van der Waals surface area contributed by atoms with Crippen LogP contribution in [0, 0.1) is 0 Å². The molecule has 0 aliphatic carbocycles. The Morgan fingerprint density at radius 2 is 1.04 bits per heavy atom. The number of alkyl halides is 2. The third-order valence-electron chi connectivity index (χ3n) is 4.61. The number of benzene rings is 2. The van der Waals surface area contributed by atoms with Crippen LogP contribution in [0.5, 0.6) is 0 Å². The molecule has 0 aromatic heterocycles. The maximum absolute atomic E-state index is 13.1. The minimum Gasteiger partial charge on any atom is -0.287 e. The van der Waals surface area contributed by atoms with Gasteiger partial charge in [-0.2, -0.15) is 0 Å². The zero-order chi connectivity index (χ0) is 20.0. The second-order valence-corrected chi connectivity index (χ2v) is 6.65. The third kappa shape index (κ3) is 2.49. The number of Topliss-reactive ketones (excluding diaryl/α,β-unsaturated/α-hetero) is 2. The topological polar surface area (TPSA) is 74.8 Å². The first-order valence-corrected chi connectivity index (χ1v) is 9.37. The zero-order valence-corrected chi connectivity index (χ0v) is 15.8. The minimum absolute atomic E-state index is 0.188. The van der Waals surface area contributed by atoms with Crippen molar-refractivity contribution >= 4 is 58.0 Å². The Bertz CT molecular complexity index is 1010. The quantitative estimate of drug-likeness (QED) is 0.558. The maximum atomic E-state index is 13.1. The number of amides is 2. The molecule has 2 aliphatic heterocycles. The molecule has 2 aromatic rings. The summed E-state index contributed by atoms with van der Waals surface area (Å²) >= 11 is 11.5. The van der Waals surface area contributed by atoms with Crippen molar-refractivity contribution in [1.29, 1.82) is 0 Å². The van der Waals surface area contributed by atoms with Crippen molar-refractivity contribution in [2.45, 2.75) is 0 Å². The third-order valence-corrected chi connectivity index (χ3v) is 5.07. The van der Waals surface area contributed by atoms with Crippen LogP contribution in [0.25, 0.3) is 0 Å².